The van der Waals surface area contributed by atoms with Gasteiger partial charge in [-0.05, 0) is 38.2 Å². The van der Waals surface area contributed by atoms with E-state index in [2.05, 4.69) is 31.5 Å². The zero-order valence-electron chi connectivity index (χ0n) is 31.6. The Bertz CT molecular complexity index is 2290. The molecule has 1 aliphatic heterocycles. The smallest absolute Gasteiger partial charge is 0.408 e. The fourth-order valence-corrected chi connectivity index (χ4v) is 6.54. The molecule has 15 nitrogen and oxygen atoms in total. The van der Waals surface area contributed by atoms with E-state index in [1.54, 1.807) is 97.1 Å². The summed E-state index contributed by atoms with van der Waals surface area (Å²) >= 11 is 3.13. The van der Waals surface area contributed by atoms with E-state index in [1.807, 2.05) is 24.3 Å². The molecule has 2 amide bonds. The number of ether oxygens (including phenoxy) is 5. The lowest BCUT2D eigenvalue weighted by Gasteiger charge is -2.24. The van der Waals surface area contributed by atoms with Crippen LogP contribution in [0.25, 0.3) is 0 Å². The van der Waals surface area contributed by atoms with E-state index in [9.17, 15) is 28.8 Å². The van der Waals surface area contributed by atoms with Gasteiger partial charge < -0.3 is 34.3 Å². The number of benzene rings is 4. The number of esters is 2. The van der Waals surface area contributed by atoms with Crippen molar-refractivity contribution >= 4 is 40.1 Å². The summed E-state index contributed by atoms with van der Waals surface area (Å²) in [5, 5.41) is 5.19. The number of amides is 2. The van der Waals surface area contributed by atoms with E-state index in [0.717, 1.165) is 21.3 Å². The van der Waals surface area contributed by atoms with Gasteiger partial charge in [0.2, 0.25) is 0 Å². The molecule has 59 heavy (non-hydrogen) atoms. The van der Waals surface area contributed by atoms with Crippen LogP contribution >= 0.6 is 15.9 Å². The van der Waals surface area contributed by atoms with Gasteiger partial charge in [0.05, 0.1) is 4.47 Å². The van der Waals surface area contributed by atoms with Crippen molar-refractivity contribution in [2.24, 2.45) is 0 Å². The predicted octanol–water partition coefficient (Wildman–Crippen LogP) is 5.12. The lowest BCUT2D eigenvalue weighted by atomic mass is 10.1. The monoisotopic (exact) mass is 868 g/mol. The summed E-state index contributed by atoms with van der Waals surface area (Å²) in [5.74, 6) is -1.69. The van der Waals surface area contributed by atoms with Crippen molar-refractivity contribution in [3.63, 3.8) is 0 Å². The molecule has 4 aromatic carbocycles. The second kappa shape index (κ2) is 20.8. The highest BCUT2D eigenvalue weighted by atomic mass is 79.9. The zero-order chi connectivity index (χ0) is 41.6. The Kier molecular flexibility index (Phi) is 14.8. The molecule has 5 atom stereocenters. The molecule has 0 radical (unpaired) electrons. The molecule has 0 aliphatic carbocycles. The minimum Gasteiger partial charge on any atom is -0.461 e. The number of nitrogens with one attached hydrogen (secondary N) is 3. The van der Waals surface area contributed by atoms with Gasteiger partial charge in [-0.3, -0.25) is 14.3 Å². The van der Waals surface area contributed by atoms with Crippen molar-refractivity contribution in [2.45, 2.75) is 63.0 Å². The molecule has 16 heteroatoms. The second-order valence-corrected chi connectivity index (χ2v) is 14.4. The summed E-state index contributed by atoms with van der Waals surface area (Å²) in [6.07, 6.45) is -3.84. The molecule has 306 valence electrons. The number of H-pyrrole nitrogens is 1. The van der Waals surface area contributed by atoms with Crippen LogP contribution in [0.5, 0.6) is 0 Å². The van der Waals surface area contributed by atoms with Crippen LogP contribution < -0.4 is 21.9 Å². The summed E-state index contributed by atoms with van der Waals surface area (Å²) in [5.41, 5.74) is 1.47. The molecule has 3 N–H and O–H groups in total. The lowest BCUT2D eigenvalue weighted by Crippen LogP contribution is -2.46. The second-order valence-electron chi connectivity index (χ2n) is 13.5. The van der Waals surface area contributed by atoms with Gasteiger partial charge in [0, 0.05) is 25.5 Å². The highest BCUT2D eigenvalue weighted by Crippen LogP contribution is 2.31. The van der Waals surface area contributed by atoms with Gasteiger partial charge in [0.1, 0.15) is 50.3 Å². The van der Waals surface area contributed by atoms with Crippen molar-refractivity contribution in [2.75, 3.05) is 6.61 Å². The number of carbonyl (C=O) groups is 4. The van der Waals surface area contributed by atoms with Crippen LogP contribution in [0.1, 0.15) is 34.9 Å². The van der Waals surface area contributed by atoms with Crippen molar-refractivity contribution in [3.05, 3.63) is 175 Å². The summed E-state index contributed by atoms with van der Waals surface area (Å²) in [6, 6.07) is 33.5. The Morgan fingerprint density at radius 2 is 1.14 bits per heavy atom. The number of aromatic amines is 1. The minimum atomic E-state index is -1.23. The number of hydrogen-bond acceptors (Lipinski definition) is 11. The molecule has 1 aliphatic rings. The number of carbonyl (C=O) groups excluding carboxylic acids is 4. The zero-order valence-corrected chi connectivity index (χ0v) is 33.2. The summed E-state index contributed by atoms with van der Waals surface area (Å²) in [6.45, 7) is -0.552. The molecule has 1 aromatic heterocycles. The SMILES string of the molecule is O=C(N[C@@H](Cc1ccccc1)C(=O)OC[C@H]1O[C@@H](n2cc(Br)c(=O)[nH]c2=O)C[C@@H]1OC(=O)[C@H](Cc1ccccc1)NC(=O)OCc1ccccc1)OCc1ccccc1. The number of halogens is 1. The first-order chi connectivity index (χ1) is 28.6. The summed E-state index contributed by atoms with van der Waals surface area (Å²) in [7, 11) is 0. The third-order valence-electron chi connectivity index (χ3n) is 9.22. The molecule has 0 bridgehead atoms. The Morgan fingerprint density at radius 3 is 1.63 bits per heavy atom. The molecule has 2 heterocycles. The van der Waals surface area contributed by atoms with Gasteiger partial charge in [0.15, 0.2) is 0 Å². The maximum atomic E-state index is 14.0. The van der Waals surface area contributed by atoms with E-state index in [0.29, 0.717) is 5.56 Å². The standard InChI is InChI=1S/C43H41BrN4O11/c44-32-24-48(41(52)47-38(32)49)37-23-35(59-40(51)34(22-29-15-7-2-8-16-29)46-43(54)57-26-31-19-11-4-12-20-31)36(58-37)27-55-39(50)33(21-28-13-5-1-6-14-28)45-42(53)56-25-30-17-9-3-10-18-30/h1-20,24,33-37H,21-23,25-27H2,(H,45,53)(H,46,54)(H,47,49,52)/t33-,34-,35-,36+,37+/m0/s1. The average molecular weight is 870 g/mol. The third-order valence-corrected chi connectivity index (χ3v) is 9.78. The number of aromatic nitrogens is 2. The van der Waals surface area contributed by atoms with Gasteiger partial charge in [-0.15, -0.1) is 0 Å². The van der Waals surface area contributed by atoms with E-state index in [-0.39, 0.29) is 36.9 Å². The van der Waals surface area contributed by atoms with Crippen LogP contribution in [0, 0.1) is 0 Å². The van der Waals surface area contributed by atoms with Crippen LogP contribution in [0.15, 0.2) is 142 Å². The normalized spacial score (nSPS) is 16.9. The summed E-state index contributed by atoms with van der Waals surface area (Å²) in [4.78, 5) is 80.7. The first kappa shape index (κ1) is 42.1. The molecule has 1 saturated heterocycles. The Morgan fingerprint density at radius 1 is 0.678 bits per heavy atom. The molecule has 6 rings (SSSR count). The molecule has 1 fully saturated rings. The number of hydrogen-bond donors (Lipinski definition) is 3. The summed E-state index contributed by atoms with van der Waals surface area (Å²) < 4.78 is 29.8. The highest BCUT2D eigenvalue weighted by Gasteiger charge is 2.42. The molecule has 0 saturated carbocycles. The van der Waals surface area contributed by atoms with Crippen molar-refractivity contribution in [3.8, 4) is 0 Å². The van der Waals surface area contributed by atoms with Crippen LogP contribution in [0.4, 0.5) is 9.59 Å². The predicted molar refractivity (Wildman–Crippen MR) is 216 cm³/mol. The van der Waals surface area contributed by atoms with Crippen molar-refractivity contribution < 1.29 is 42.9 Å². The Labute approximate surface area is 346 Å². The van der Waals surface area contributed by atoms with Crippen LogP contribution in [0.3, 0.4) is 0 Å². The molecule has 0 spiro atoms. The quantitative estimate of drug-likeness (QED) is 0.0881. The third kappa shape index (κ3) is 12.5. The molecular weight excluding hydrogens is 828 g/mol. The first-order valence-corrected chi connectivity index (χ1v) is 19.5. The minimum absolute atomic E-state index is 0.0325. The van der Waals surface area contributed by atoms with E-state index in [1.165, 1.54) is 6.20 Å². The molecular formula is C43H41BrN4O11. The Balaban J connectivity index is 1.18. The van der Waals surface area contributed by atoms with E-state index in [4.69, 9.17) is 23.7 Å². The van der Waals surface area contributed by atoms with E-state index >= 15 is 0 Å². The fraction of sp³-hybridized carbons (Fsp3) is 0.256. The molecule has 5 aromatic rings. The highest BCUT2D eigenvalue weighted by molar-refractivity contribution is 9.10. The number of alkyl carbamates (subject to hydrolysis) is 2. The van der Waals surface area contributed by atoms with Crippen LogP contribution in [-0.4, -0.2) is 64.6 Å². The van der Waals surface area contributed by atoms with Crippen molar-refractivity contribution in [1.29, 1.82) is 0 Å². The fourth-order valence-electron chi connectivity index (χ4n) is 6.22. The van der Waals surface area contributed by atoms with Crippen LogP contribution in [0.2, 0.25) is 0 Å². The van der Waals surface area contributed by atoms with E-state index < -0.39 is 72.5 Å². The number of nitrogens with zero attached hydrogens (tertiary/aromatic N) is 1. The lowest BCUT2D eigenvalue weighted by molar-refractivity contribution is -0.160. The largest absolute Gasteiger partial charge is 0.461 e. The van der Waals surface area contributed by atoms with Gasteiger partial charge in [-0.25, -0.2) is 24.0 Å². The van der Waals surface area contributed by atoms with Gasteiger partial charge >= 0.3 is 29.8 Å². The topological polar surface area (TPSA) is 193 Å². The maximum Gasteiger partial charge on any atom is 0.408 e. The van der Waals surface area contributed by atoms with Gasteiger partial charge in [0.25, 0.3) is 5.56 Å². The number of rotatable bonds is 16. The average Bonchev–Trinajstić information content (AvgIpc) is 3.65. The van der Waals surface area contributed by atoms with Crippen molar-refractivity contribution in [1.82, 2.24) is 20.2 Å². The maximum absolute atomic E-state index is 14.0. The first-order valence-electron chi connectivity index (χ1n) is 18.7. The molecule has 0 unspecified atom stereocenters. The van der Waals surface area contributed by atoms with Gasteiger partial charge in [-0.2, -0.15) is 0 Å². The van der Waals surface area contributed by atoms with Gasteiger partial charge in [-0.1, -0.05) is 121 Å². The Hall–Kier alpha value is -6.52. The van der Waals surface area contributed by atoms with Crippen LogP contribution in [-0.2, 0) is 59.3 Å².